The summed E-state index contributed by atoms with van der Waals surface area (Å²) in [6.45, 7) is -0.153. The smallest absolute Gasteiger partial charge is 0.329 e. The molecule has 0 aromatic carbocycles. The maximum Gasteiger partial charge on any atom is 0.402 e. The number of nitrogens with one attached hydrogen (secondary N) is 2. The van der Waals surface area contributed by atoms with Crippen molar-refractivity contribution in [3.8, 4) is 0 Å². The second kappa shape index (κ2) is 4.91. The van der Waals surface area contributed by atoms with Crippen LogP contribution in [0.1, 0.15) is 6.92 Å². The number of hydrogen-bond acceptors (Lipinski definition) is 3. The van der Waals surface area contributed by atoms with Crippen molar-refractivity contribution in [1.82, 2.24) is 9.44 Å². The molecule has 0 saturated carbocycles. The Balaban J connectivity index is 4.10. The van der Waals surface area contributed by atoms with Crippen molar-refractivity contribution in [2.24, 2.45) is 5.73 Å². The fourth-order valence-electron chi connectivity index (χ4n) is 0.531. The van der Waals surface area contributed by atoms with Crippen LogP contribution in [-0.4, -0.2) is 33.7 Å². The van der Waals surface area contributed by atoms with Crippen molar-refractivity contribution >= 4 is 10.2 Å². The van der Waals surface area contributed by atoms with Gasteiger partial charge in [-0.2, -0.15) is 31.0 Å². The van der Waals surface area contributed by atoms with Crippen LogP contribution in [0.25, 0.3) is 0 Å². The first kappa shape index (κ1) is 13.6. The number of alkyl halides is 3. The molecule has 86 valence electrons. The molecule has 4 N–H and O–H groups in total. The molecular weight excluding hydrogens is 223 g/mol. The van der Waals surface area contributed by atoms with Gasteiger partial charge in [0.2, 0.25) is 0 Å². The van der Waals surface area contributed by atoms with Gasteiger partial charge in [-0.1, -0.05) is 0 Å². The van der Waals surface area contributed by atoms with Crippen molar-refractivity contribution in [2.75, 3.05) is 13.1 Å². The molecule has 0 aliphatic carbocycles. The zero-order valence-electron chi connectivity index (χ0n) is 7.43. The Hall–Kier alpha value is -0.380. The van der Waals surface area contributed by atoms with Crippen LogP contribution in [0.3, 0.4) is 0 Å². The largest absolute Gasteiger partial charge is 0.402 e. The maximum absolute atomic E-state index is 11.6. The van der Waals surface area contributed by atoms with E-state index in [2.05, 4.69) is 0 Å². The molecule has 1 atom stereocenters. The van der Waals surface area contributed by atoms with Crippen LogP contribution in [0.15, 0.2) is 0 Å². The van der Waals surface area contributed by atoms with Crippen molar-refractivity contribution in [3.05, 3.63) is 0 Å². The van der Waals surface area contributed by atoms with E-state index < -0.39 is 29.0 Å². The summed E-state index contributed by atoms with van der Waals surface area (Å²) in [5.41, 5.74) is 5.08. The van der Waals surface area contributed by atoms with E-state index in [1.165, 1.54) is 11.6 Å². The third kappa shape index (κ3) is 7.06. The van der Waals surface area contributed by atoms with Crippen molar-refractivity contribution < 1.29 is 21.6 Å². The average molecular weight is 235 g/mol. The van der Waals surface area contributed by atoms with Crippen LogP contribution in [0.2, 0.25) is 0 Å². The molecule has 5 nitrogen and oxygen atoms in total. The zero-order chi connectivity index (χ0) is 11.4. The molecule has 0 heterocycles. The summed E-state index contributed by atoms with van der Waals surface area (Å²) in [5.74, 6) is 0. The van der Waals surface area contributed by atoms with Crippen LogP contribution in [0.5, 0.6) is 0 Å². The van der Waals surface area contributed by atoms with E-state index in [1.54, 1.807) is 0 Å². The van der Waals surface area contributed by atoms with E-state index >= 15 is 0 Å². The Morgan fingerprint density at radius 2 is 1.93 bits per heavy atom. The van der Waals surface area contributed by atoms with Crippen molar-refractivity contribution in [3.63, 3.8) is 0 Å². The molecule has 0 aromatic heterocycles. The molecule has 1 unspecified atom stereocenters. The predicted molar refractivity (Wildman–Crippen MR) is 44.6 cm³/mol. The van der Waals surface area contributed by atoms with Crippen LogP contribution >= 0.6 is 0 Å². The summed E-state index contributed by atoms with van der Waals surface area (Å²) < 4.78 is 59.9. The number of nitrogens with two attached hydrogens (primary N) is 1. The molecule has 0 aliphatic rings. The van der Waals surface area contributed by atoms with Gasteiger partial charge in [0, 0.05) is 12.6 Å². The molecule has 9 heteroatoms. The van der Waals surface area contributed by atoms with Gasteiger partial charge in [-0.15, -0.1) is 0 Å². The number of halogens is 3. The normalized spacial score (nSPS) is 15.5. The Labute approximate surface area is 80.0 Å². The molecule has 0 amide bonds. The summed E-state index contributed by atoms with van der Waals surface area (Å²) in [6, 6.07) is -0.610. The van der Waals surface area contributed by atoms with E-state index in [9.17, 15) is 21.6 Å². The van der Waals surface area contributed by atoms with Gasteiger partial charge in [0.15, 0.2) is 0 Å². The first-order chi connectivity index (χ1) is 6.16. The average Bonchev–Trinajstić information content (AvgIpc) is 1.99. The zero-order valence-corrected chi connectivity index (χ0v) is 8.24. The van der Waals surface area contributed by atoms with E-state index in [1.807, 2.05) is 4.72 Å². The minimum absolute atomic E-state index is 0.00687. The van der Waals surface area contributed by atoms with Crippen LogP contribution < -0.4 is 15.2 Å². The van der Waals surface area contributed by atoms with E-state index in [4.69, 9.17) is 5.73 Å². The van der Waals surface area contributed by atoms with Gasteiger partial charge in [-0.3, -0.25) is 0 Å². The Morgan fingerprint density at radius 1 is 1.43 bits per heavy atom. The summed E-state index contributed by atoms with van der Waals surface area (Å²) in [4.78, 5) is 0. The summed E-state index contributed by atoms with van der Waals surface area (Å²) in [5, 5.41) is 0. The standard InChI is InChI=1S/C5H12F3N3O2S/c1-4(2-9)11-14(12,13)10-3-5(6,7)8/h4,10-11H,2-3,9H2,1H3. The molecule has 0 saturated heterocycles. The quantitative estimate of drug-likeness (QED) is 0.590. The van der Waals surface area contributed by atoms with Gasteiger partial charge in [-0.25, -0.2) is 0 Å². The first-order valence-electron chi connectivity index (χ1n) is 3.70. The Kier molecular flexibility index (Phi) is 4.78. The lowest BCUT2D eigenvalue weighted by atomic mass is 10.4. The molecule has 0 rings (SSSR count). The Bertz CT molecular complexity index is 264. The summed E-state index contributed by atoms with van der Waals surface area (Å²) in [7, 11) is -4.13. The summed E-state index contributed by atoms with van der Waals surface area (Å²) >= 11 is 0. The number of rotatable bonds is 5. The minimum atomic E-state index is -4.57. The van der Waals surface area contributed by atoms with Crippen molar-refractivity contribution in [1.29, 1.82) is 0 Å². The maximum atomic E-state index is 11.6. The minimum Gasteiger partial charge on any atom is -0.329 e. The molecule has 0 bridgehead atoms. The molecule has 0 fully saturated rings. The van der Waals surface area contributed by atoms with Gasteiger partial charge in [0.25, 0.3) is 10.2 Å². The van der Waals surface area contributed by atoms with E-state index in [-0.39, 0.29) is 6.54 Å². The van der Waals surface area contributed by atoms with E-state index in [0.29, 0.717) is 0 Å². The Morgan fingerprint density at radius 3 is 2.29 bits per heavy atom. The van der Waals surface area contributed by atoms with Crippen LogP contribution in [0, 0.1) is 0 Å². The first-order valence-corrected chi connectivity index (χ1v) is 5.18. The van der Waals surface area contributed by atoms with Gasteiger partial charge < -0.3 is 5.73 Å². The fraction of sp³-hybridized carbons (Fsp3) is 1.00. The van der Waals surface area contributed by atoms with Gasteiger partial charge in [-0.05, 0) is 6.92 Å². The SMILES string of the molecule is CC(CN)NS(=O)(=O)NCC(F)(F)F. The molecule has 14 heavy (non-hydrogen) atoms. The number of hydrogen-bond donors (Lipinski definition) is 3. The lowest BCUT2D eigenvalue weighted by Gasteiger charge is -2.13. The lowest BCUT2D eigenvalue weighted by Crippen LogP contribution is -2.46. The predicted octanol–water partition coefficient (Wildman–Crippen LogP) is -0.680. The molecule has 0 aliphatic heterocycles. The second-order valence-corrected chi connectivity index (χ2v) is 4.23. The van der Waals surface area contributed by atoms with Gasteiger partial charge >= 0.3 is 6.18 Å². The molecule has 0 aromatic rings. The highest BCUT2D eigenvalue weighted by atomic mass is 32.2. The molecular formula is C5H12F3N3O2S. The monoisotopic (exact) mass is 235 g/mol. The summed E-state index contributed by atoms with van der Waals surface area (Å²) in [6.07, 6.45) is -4.57. The van der Waals surface area contributed by atoms with Gasteiger partial charge in [0.05, 0.1) is 0 Å². The van der Waals surface area contributed by atoms with Crippen LogP contribution in [-0.2, 0) is 10.2 Å². The highest BCUT2D eigenvalue weighted by molar-refractivity contribution is 7.87. The third-order valence-electron chi connectivity index (χ3n) is 1.17. The second-order valence-electron chi connectivity index (χ2n) is 2.69. The highest BCUT2D eigenvalue weighted by Gasteiger charge is 2.29. The molecule has 0 spiro atoms. The van der Waals surface area contributed by atoms with Crippen molar-refractivity contribution in [2.45, 2.75) is 19.1 Å². The topological polar surface area (TPSA) is 84.2 Å². The highest BCUT2D eigenvalue weighted by Crippen LogP contribution is 2.12. The molecule has 0 radical (unpaired) electrons. The van der Waals surface area contributed by atoms with Gasteiger partial charge in [0.1, 0.15) is 6.54 Å². The van der Waals surface area contributed by atoms with E-state index in [0.717, 1.165) is 0 Å². The third-order valence-corrected chi connectivity index (χ3v) is 2.41. The van der Waals surface area contributed by atoms with Crippen LogP contribution in [0.4, 0.5) is 13.2 Å². The lowest BCUT2D eigenvalue weighted by molar-refractivity contribution is -0.121. The fourth-order valence-corrected chi connectivity index (χ4v) is 1.59.